The highest BCUT2D eigenvalue weighted by molar-refractivity contribution is 5.79. The van der Waals surface area contributed by atoms with Crippen molar-refractivity contribution in [1.29, 1.82) is 5.26 Å². The normalized spacial score (nSPS) is 30.5. The van der Waals surface area contributed by atoms with E-state index in [1.54, 1.807) is 4.90 Å². The van der Waals surface area contributed by atoms with Crippen LogP contribution in [0, 0.1) is 28.6 Å². The Balaban J connectivity index is 1.80. The zero-order valence-electron chi connectivity index (χ0n) is 16.8. The zero-order chi connectivity index (χ0) is 19.8. The average molecular weight is 377 g/mol. The molecule has 2 heterocycles. The number of esters is 1. The van der Waals surface area contributed by atoms with Gasteiger partial charge in [-0.15, -0.1) is 0 Å². The van der Waals surface area contributed by atoms with E-state index in [-0.39, 0.29) is 17.9 Å². The third-order valence-corrected chi connectivity index (χ3v) is 6.27. The van der Waals surface area contributed by atoms with E-state index >= 15 is 0 Å². The molecule has 0 radical (unpaired) electrons. The Bertz CT molecular complexity index is 624. The van der Waals surface area contributed by atoms with Gasteiger partial charge in [-0.25, -0.2) is 4.79 Å². The van der Waals surface area contributed by atoms with Crippen LogP contribution in [0.5, 0.6) is 0 Å². The molecule has 0 aromatic carbocycles. The number of nitrogens with one attached hydrogen (secondary N) is 1. The molecule has 3 rings (SSSR count). The fourth-order valence-corrected chi connectivity index (χ4v) is 5.02. The molecule has 3 aliphatic rings. The molecule has 3 atom stereocenters. The molecule has 0 bridgehead atoms. The largest absolute Gasteiger partial charge is 0.468 e. The van der Waals surface area contributed by atoms with Crippen LogP contribution in [0.15, 0.2) is 0 Å². The minimum Gasteiger partial charge on any atom is -0.468 e. The highest BCUT2D eigenvalue weighted by atomic mass is 16.6. The van der Waals surface area contributed by atoms with Crippen molar-refractivity contribution < 1.29 is 19.1 Å². The van der Waals surface area contributed by atoms with E-state index in [0.717, 1.165) is 12.8 Å². The fraction of sp³-hybridized carbons (Fsp3) is 0.850. The standard InChI is InChI=1S/C20H31N3O4/c1-19(2,3)27-18(25)23-11-20(12-23)14(10-21)15(13-8-6-5-7-9-13)22-16(20)17(24)26-4/h13-16,22H,5-9,11-12H2,1-4H3/t14-,15-,16+/m0/s1. The van der Waals surface area contributed by atoms with Crippen LogP contribution in [0.3, 0.4) is 0 Å². The van der Waals surface area contributed by atoms with E-state index in [2.05, 4.69) is 11.4 Å². The van der Waals surface area contributed by atoms with Gasteiger partial charge in [0.05, 0.1) is 19.1 Å². The van der Waals surface area contributed by atoms with Crippen molar-refractivity contribution in [3.05, 3.63) is 0 Å². The predicted octanol–water partition coefficient (Wildman–Crippen LogP) is 2.46. The molecule has 1 aliphatic carbocycles. The third-order valence-electron chi connectivity index (χ3n) is 6.27. The lowest BCUT2D eigenvalue weighted by Crippen LogP contribution is -2.67. The summed E-state index contributed by atoms with van der Waals surface area (Å²) in [6.45, 7) is 6.16. The number of hydrogen-bond acceptors (Lipinski definition) is 6. The number of methoxy groups -OCH3 is 1. The number of nitrogens with zero attached hydrogens (tertiary/aromatic N) is 2. The van der Waals surface area contributed by atoms with Crippen molar-refractivity contribution in [2.75, 3.05) is 20.2 Å². The molecule has 1 amide bonds. The van der Waals surface area contributed by atoms with Crippen molar-refractivity contribution in [1.82, 2.24) is 10.2 Å². The number of carbonyl (C=O) groups is 2. The first-order valence-corrected chi connectivity index (χ1v) is 9.93. The second-order valence-corrected chi connectivity index (χ2v) is 9.22. The Labute approximate surface area is 161 Å². The maximum Gasteiger partial charge on any atom is 0.410 e. The van der Waals surface area contributed by atoms with Crippen LogP contribution in [0.2, 0.25) is 0 Å². The molecule has 0 aromatic rings. The number of amides is 1. The summed E-state index contributed by atoms with van der Waals surface area (Å²) in [4.78, 5) is 26.5. The monoisotopic (exact) mass is 377 g/mol. The Morgan fingerprint density at radius 3 is 2.33 bits per heavy atom. The lowest BCUT2D eigenvalue weighted by atomic mass is 9.64. The molecular weight excluding hydrogens is 346 g/mol. The summed E-state index contributed by atoms with van der Waals surface area (Å²) < 4.78 is 10.5. The second-order valence-electron chi connectivity index (χ2n) is 9.22. The first kappa shape index (κ1) is 19.9. The van der Waals surface area contributed by atoms with E-state index in [9.17, 15) is 14.9 Å². The maximum absolute atomic E-state index is 12.5. The van der Waals surface area contributed by atoms with Crippen LogP contribution in [-0.4, -0.2) is 54.8 Å². The quantitative estimate of drug-likeness (QED) is 0.743. The third kappa shape index (κ3) is 3.64. The molecule has 1 spiro atoms. The van der Waals surface area contributed by atoms with E-state index in [1.165, 1.54) is 26.4 Å². The molecule has 2 saturated heterocycles. The molecule has 7 nitrogen and oxygen atoms in total. The van der Waals surface area contributed by atoms with Gasteiger partial charge in [-0.1, -0.05) is 19.3 Å². The minimum absolute atomic E-state index is 0.0276. The molecular formula is C20H31N3O4. The number of likely N-dealkylation sites (tertiary alicyclic amines) is 1. The van der Waals surface area contributed by atoms with Crippen molar-refractivity contribution in [2.45, 2.75) is 70.6 Å². The zero-order valence-corrected chi connectivity index (χ0v) is 16.8. The van der Waals surface area contributed by atoms with Crippen LogP contribution in [0.4, 0.5) is 4.79 Å². The summed E-state index contributed by atoms with van der Waals surface area (Å²) in [5, 5.41) is 13.4. The van der Waals surface area contributed by atoms with E-state index in [4.69, 9.17) is 9.47 Å². The molecule has 1 N–H and O–H groups in total. The van der Waals surface area contributed by atoms with Gasteiger partial charge < -0.3 is 14.4 Å². The number of nitriles is 1. The van der Waals surface area contributed by atoms with Gasteiger partial charge in [0.2, 0.25) is 0 Å². The average Bonchev–Trinajstić information content (AvgIpc) is 2.94. The lowest BCUT2D eigenvalue weighted by Gasteiger charge is -2.51. The van der Waals surface area contributed by atoms with Gasteiger partial charge in [-0.2, -0.15) is 5.26 Å². The van der Waals surface area contributed by atoms with Crippen molar-refractivity contribution in [2.24, 2.45) is 17.3 Å². The molecule has 0 unspecified atom stereocenters. The van der Waals surface area contributed by atoms with Crippen molar-refractivity contribution >= 4 is 12.1 Å². The van der Waals surface area contributed by atoms with Crippen LogP contribution < -0.4 is 5.32 Å². The first-order chi connectivity index (χ1) is 12.7. The highest BCUT2D eigenvalue weighted by Crippen LogP contribution is 2.50. The predicted molar refractivity (Wildman–Crippen MR) is 98.6 cm³/mol. The summed E-state index contributed by atoms with van der Waals surface area (Å²) in [5.74, 6) is -0.272. The van der Waals surface area contributed by atoms with Gasteiger partial charge in [0, 0.05) is 24.5 Å². The summed E-state index contributed by atoms with van der Waals surface area (Å²) >= 11 is 0. The van der Waals surface area contributed by atoms with Crippen LogP contribution in [0.1, 0.15) is 52.9 Å². The molecule has 27 heavy (non-hydrogen) atoms. The summed E-state index contributed by atoms with van der Waals surface area (Å²) in [7, 11) is 1.37. The van der Waals surface area contributed by atoms with Crippen LogP contribution in [-0.2, 0) is 14.3 Å². The van der Waals surface area contributed by atoms with E-state index < -0.39 is 23.2 Å². The molecule has 3 fully saturated rings. The number of hydrogen-bond donors (Lipinski definition) is 1. The van der Waals surface area contributed by atoms with E-state index in [0.29, 0.717) is 19.0 Å². The SMILES string of the molecule is COC(=O)[C@H]1N[C@@H](C2CCCCC2)[C@H](C#N)C12CN(C(=O)OC(C)(C)C)C2. The van der Waals surface area contributed by atoms with Gasteiger partial charge in [-0.05, 0) is 39.5 Å². The lowest BCUT2D eigenvalue weighted by molar-refractivity contribution is -0.150. The van der Waals surface area contributed by atoms with Gasteiger partial charge in [0.15, 0.2) is 0 Å². The van der Waals surface area contributed by atoms with Gasteiger partial charge >= 0.3 is 12.1 Å². The Morgan fingerprint density at radius 1 is 1.19 bits per heavy atom. The fourth-order valence-electron chi connectivity index (χ4n) is 5.02. The van der Waals surface area contributed by atoms with Crippen LogP contribution >= 0.6 is 0 Å². The van der Waals surface area contributed by atoms with Crippen molar-refractivity contribution in [3.8, 4) is 6.07 Å². The topological polar surface area (TPSA) is 91.7 Å². The maximum atomic E-state index is 12.5. The Morgan fingerprint density at radius 2 is 1.81 bits per heavy atom. The highest BCUT2D eigenvalue weighted by Gasteiger charge is 2.66. The number of ether oxygens (including phenoxy) is 2. The first-order valence-electron chi connectivity index (χ1n) is 9.93. The molecule has 7 heteroatoms. The summed E-state index contributed by atoms with van der Waals surface area (Å²) in [6, 6.07) is 1.89. The number of rotatable bonds is 2. The van der Waals surface area contributed by atoms with E-state index in [1.807, 2.05) is 20.8 Å². The van der Waals surface area contributed by atoms with Gasteiger partial charge in [-0.3, -0.25) is 10.1 Å². The van der Waals surface area contributed by atoms with Gasteiger partial charge in [0.25, 0.3) is 0 Å². The van der Waals surface area contributed by atoms with Crippen molar-refractivity contribution in [3.63, 3.8) is 0 Å². The Hall–Kier alpha value is -1.81. The summed E-state index contributed by atoms with van der Waals surface area (Å²) in [6.07, 6.45) is 5.33. The molecule has 0 aromatic heterocycles. The minimum atomic E-state index is -0.596. The Kier molecular flexibility index (Phi) is 5.40. The van der Waals surface area contributed by atoms with Gasteiger partial charge in [0.1, 0.15) is 11.6 Å². The smallest absolute Gasteiger partial charge is 0.410 e. The summed E-state index contributed by atoms with van der Waals surface area (Å²) in [5.41, 5.74) is -1.17. The second kappa shape index (κ2) is 7.31. The molecule has 1 saturated carbocycles. The number of carbonyl (C=O) groups excluding carboxylic acids is 2. The molecule has 2 aliphatic heterocycles. The molecule has 150 valence electrons. The van der Waals surface area contributed by atoms with Crippen LogP contribution in [0.25, 0.3) is 0 Å².